The Morgan fingerprint density at radius 2 is 1.81 bits per heavy atom. The highest BCUT2D eigenvalue weighted by atomic mass is 16.2. The summed E-state index contributed by atoms with van der Waals surface area (Å²) in [6.45, 7) is 8.78. The second-order valence-electron chi connectivity index (χ2n) is 7.74. The Balaban J connectivity index is 1.46. The normalized spacial score (nSPS) is 22.6. The van der Waals surface area contributed by atoms with Crippen molar-refractivity contribution in [3.8, 4) is 6.07 Å². The first kappa shape index (κ1) is 19.6. The number of quaternary nitrogens is 2. The summed E-state index contributed by atoms with van der Waals surface area (Å²) in [5.74, 6) is 0.288. The molecule has 1 aromatic carbocycles. The number of carbonyl (C=O) groups excluding carboxylic acids is 1. The minimum Gasteiger partial charge on any atom is -0.322 e. The third-order valence-corrected chi connectivity index (χ3v) is 5.83. The van der Waals surface area contributed by atoms with Gasteiger partial charge in [0.15, 0.2) is 6.54 Å². The van der Waals surface area contributed by atoms with Gasteiger partial charge in [0, 0.05) is 17.8 Å². The van der Waals surface area contributed by atoms with Gasteiger partial charge in [0.25, 0.3) is 5.91 Å². The fraction of sp³-hybridized carbons (Fsp3) is 0.545. The summed E-state index contributed by atoms with van der Waals surface area (Å²) in [6.07, 6.45) is 6.89. The highest BCUT2D eigenvalue weighted by Crippen LogP contribution is 2.20. The molecule has 3 rings (SSSR count). The van der Waals surface area contributed by atoms with Crippen molar-refractivity contribution in [2.45, 2.75) is 39.2 Å². The predicted octanol–water partition coefficient (Wildman–Crippen LogP) is 0.148. The quantitative estimate of drug-likeness (QED) is 0.751. The van der Waals surface area contributed by atoms with Crippen molar-refractivity contribution in [1.82, 2.24) is 4.90 Å². The predicted molar refractivity (Wildman–Crippen MR) is 105 cm³/mol. The van der Waals surface area contributed by atoms with Crippen LogP contribution < -0.4 is 9.80 Å². The van der Waals surface area contributed by atoms with Crippen LogP contribution in [0.2, 0.25) is 0 Å². The van der Waals surface area contributed by atoms with Crippen molar-refractivity contribution in [2.75, 3.05) is 39.3 Å². The first-order valence-corrected chi connectivity index (χ1v) is 10.3. The molecule has 1 fully saturated rings. The molecule has 0 bridgehead atoms. The number of amides is 1. The summed E-state index contributed by atoms with van der Waals surface area (Å²) in [7, 11) is 0. The Morgan fingerprint density at radius 1 is 1.11 bits per heavy atom. The second kappa shape index (κ2) is 9.68. The van der Waals surface area contributed by atoms with E-state index in [2.05, 4.69) is 31.2 Å². The number of nitriles is 1. The third-order valence-electron chi connectivity index (χ3n) is 5.83. The lowest BCUT2D eigenvalue weighted by molar-refractivity contribution is -1.02. The number of nitrogens with zero attached hydrogens (tertiary/aromatic N) is 2. The maximum Gasteiger partial charge on any atom is 0.281 e. The number of hydrogen-bond donors (Lipinski definition) is 2. The third kappa shape index (κ3) is 5.41. The van der Waals surface area contributed by atoms with Crippen molar-refractivity contribution in [3.63, 3.8) is 0 Å². The maximum atomic E-state index is 12.8. The summed E-state index contributed by atoms with van der Waals surface area (Å²) < 4.78 is 0. The van der Waals surface area contributed by atoms with Crippen LogP contribution in [-0.4, -0.2) is 50.1 Å². The highest BCUT2D eigenvalue weighted by Gasteiger charge is 2.27. The van der Waals surface area contributed by atoms with Gasteiger partial charge in [0.1, 0.15) is 32.7 Å². The SMILES string of the molecule is CCN(C(=O)C[NH+]1CC[NH+](Cc2ccc(C#N)cc2)CC1)C1=CCCCC1. The largest absolute Gasteiger partial charge is 0.322 e. The van der Waals surface area contributed by atoms with Gasteiger partial charge in [-0.05, 0) is 44.7 Å². The fourth-order valence-electron chi connectivity index (χ4n) is 4.21. The summed E-state index contributed by atoms with van der Waals surface area (Å²) in [5, 5.41) is 8.90. The van der Waals surface area contributed by atoms with E-state index in [1.807, 2.05) is 17.0 Å². The maximum absolute atomic E-state index is 12.8. The monoisotopic (exact) mass is 368 g/mol. The summed E-state index contributed by atoms with van der Waals surface area (Å²) in [6, 6.07) is 10.1. The van der Waals surface area contributed by atoms with Crippen LogP contribution >= 0.6 is 0 Å². The van der Waals surface area contributed by atoms with Crippen molar-refractivity contribution >= 4 is 5.91 Å². The molecule has 0 atom stereocenters. The minimum atomic E-state index is 0.288. The molecule has 0 aromatic heterocycles. The molecule has 27 heavy (non-hydrogen) atoms. The van der Waals surface area contributed by atoms with Crippen LogP contribution in [-0.2, 0) is 11.3 Å². The van der Waals surface area contributed by atoms with E-state index < -0.39 is 0 Å². The lowest BCUT2D eigenvalue weighted by Gasteiger charge is -2.32. The topological polar surface area (TPSA) is 53.0 Å². The van der Waals surface area contributed by atoms with Crippen molar-refractivity contribution in [1.29, 1.82) is 5.26 Å². The first-order chi connectivity index (χ1) is 13.2. The molecule has 0 saturated carbocycles. The van der Waals surface area contributed by atoms with Gasteiger partial charge >= 0.3 is 0 Å². The van der Waals surface area contributed by atoms with E-state index in [-0.39, 0.29) is 5.91 Å². The molecule has 1 aromatic rings. The molecule has 2 aliphatic rings. The Bertz CT molecular complexity index is 696. The van der Waals surface area contributed by atoms with Crippen molar-refractivity contribution in [2.24, 2.45) is 0 Å². The average Bonchev–Trinajstić information content (AvgIpc) is 2.71. The minimum absolute atomic E-state index is 0.288. The highest BCUT2D eigenvalue weighted by molar-refractivity contribution is 5.79. The summed E-state index contributed by atoms with van der Waals surface area (Å²) >= 11 is 0. The molecule has 144 valence electrons. The van der Waals surface area contributed by atoms with Gasteiger partial charge in [0.2, 0.25) is 0 Å². The van der Waals surface area contributed by atoms with Gasteiger partial charge in [-0.3, -0.25) is 4.79 Å². The van der Waals surface area contributed by atoms with E-state index in [9.17, 15) is 4.79 Å². The molecule has 5 nitrogen and oxygen atoms in total. The molecule has 1 amide bonds. The zero-order valence-corrected chi connectivity index (χ0v) is 16.5. The fourth-order valence-corrected chi connectivity index (χ4v) is 4.21. The number of allylic oxidation sites excluding steroid dienone is 2. The molecule has 0 radical (unpaired) electrons. The first-order valence-electron chi connectivity index (χ1n) is 10.3. The number of carbonyl (C=O) groups is 1. The van der Waals surface area contributed by atoms with Crippen LogP contribution in [0.4, 0.5) is 0 Å². The number of rotatable bonds is 6. The number of hydrogen-bond acceptors (Lipinski definition) is 2. The van der Waals surface area contributed by atoms with Gasteiger partial charge in [-0.25, -0.2) is 0 Å². The molecule has 1 aliphatic carbocycles. The number of piperazine rings is 1. The molecular weight excluding hydrogens is 336 g/mol. The molecule has 0 unspecified atom stereocenters. The number of benzene rings is 1. The molecular formula is C22H32N4O+2. The molecule has 0 spiro atoms. The lowest BCUT2D eigenvalue weighted by atomic mass is 10.0. The Labute approximate surface area is 162 Å². The van der Waals surface area contributed by atoms with Crippen LogP contribution in [0, 0.1) is 11.3 Å². The van der Waals surface area contributed by atoms with Gasteiger partial charge in [-0.2, -0.15) is 5.26 Å². The average molecular weight is 369 g/mol. The van der Waals surface area contributed by atoms with E-state index >= 15 is 0 Å². The van der Waals surface area contributed by atoms with Gasteiger partial charge in [0.05, 0.1) is 11.6 Å². The lowest BCUT2D eigenvalue weighted by Crippen LogP contribution is -3.28. The van der Waals surface area contributed by atoms with E-state index in [0.29, 0.717) is 6.54 Å². The Morgan fingerprint density at radius 3 is 2.41 bits per heavy atom. The summed E-state index contributed by atoms with van der Waals surface area (Å²) in [4.78, 5) is 17.8. The molecule has 1 aliphatic heterocycles. The van der Waals surface area contributed by atoms with Crippen molar-refractivity contribution in [3.05, 3.63) is 47.2 Å². The molecule has 1 heterocycles. The molecule has 1 saturated heterocycles. The standard InChI is InChI=1S/C22H30N4O/c1-2-26(21-6-4-3-5-7-21)22(27)18-25-14-12-24(13-15-25)17-20-10-8-19(16-23)9-11-20/h6,8-11H,2-5,7,12-15,17-18H2,1H3/p+2. The number of likely N-dealkylation sites (N-methyl/N-ethyl adjacent to an activating group) is 1. The second-order valence-corrected chi connectivity index (χ2v) is 7.74. The Hall–Kier alpha value is -2.16. The van der Waals surface area contributed by atoms with E-state index in [0.717, 1.165) is 57.7 Å². The Kier molecular flexibility index (Phi) is 7.03. The van der Waals surface area contributed by atoms with Crippen LogP contribution in [0.3, 0.4) is 0 Å². The summed E-state index contributed by atoms with van der Waals surface area (Å²) in [5.41, 5.74) is 3.25. The van der Waals surface area contributed by atoms with Gasteiger partial charge in [-0.15, -0.1) is 0 Å². The van der Waals surface area contributed by atoms with Crippen LogP contribution in [0.5, 0.6) is 0 Å². The van der Waals surface area contributed by atoms with Gasteiger partial charge in [-0.1, -0.05) is 18.2 Å². The van der Waals surface area contributed by atoms with E-state index in [1.54, 1.807) is 4.90 Å². The smallest absolute Gasteiger partial charge is 0.281 e. The molecule has 2 N–H and O–H groups in total. The van der Waals surface area contributed by atoms with E-state index in [4.69, 9.17) is 5.26 Å². The van der Waals surface area contributed by atoms with Crippen LogP contribution in [0.25, 0.3) is 0 Å². The van der Waals surface area contributed by atoms with Gasteiger partial charge < -0.3 is 14.7 Å². The van der Waals surface area contributed by atoms with Crippen LogP contribution in [0.15, 0.2) is 36.0 Å². The molecule has 5 heteroatoms. The van der Waals surface area contributed by atoms with E-state index in [1.165, 1.54) is 29.0 Å². The van der Waals surface area contributed by atoms with Crippen LogP contribution in [0.1, 0.15) is 43.7 Å². The number of nitrogens with one attached hydrogen (secondary N) is 2. The van der Waals surface area contributed by atoms with Crippen molar-refractivity contribution < 1.29 is 14.6 Å². The zero-order valence-electron chi connectivity index (χ0n) is 16.5. The zero-order chi connectivity index (χ0) is 19.1.